The van der Waals surface area contributed by atoms with Gasteiger partial charge >= 0.3 is 0 Å². The number of hydrogen-bond acceptors (Lipinski definition) is 5. The normalized spacial score (nSPS) is 16.7. The molecule has 0 amide bonds. The van der Waals surface area contributed by atoms with Crippen LogP contribution in [0.15, 0.2) is 54.7 Å². The first-order valence-electron chi connectivity index (χ1n) is 10.0. The lowest BCUT2D eigenvalue weighted by atomic mass is 9.94. The fraction of sp³-hybridized carbons (Fsp3) is 0.292. The maximum atomic E-state index is 12.9. The van der Waals surface area contributed by atoms with Crippen molar-refractivity contribution in [3.8, 4) is 0 Å². The molecule has 3 heterocycles. The predicted octanol–water partition coefficient (Wildman–Crippen LogP) is 4.03. The van der Waals surface area contributed by atoms with Gasteiger partial charge in [-0.1, -0.05) is 24.3 Å². The number of nitrogens with one attached hydrogen (secondary N) is 1. The SMILES string of the molecule is Cc1cccc(C)c1C1CN(c2cccc(C(=O)c3cccnc3C)n2)CCN1.[HH]. The van der Waals surface area contributed by atoms with E-state index >= 15 is 0 Å². The fourth-order valence-electron chi connectivity index (χ4n) is 4.12. The number of aryl methyl sites for hydroxylation is 3. The number of carbonyl (C=O) groups is 1. The van der Waals surface area contributed by atoms with Gasteiger partial charge in [0.15, 0.2) is 0 Å². The zero-order valence-corrected chi connectivity index (χ0v) is 17.1. The van der Waals surface area contributed by atoms with Crippen LogP contribution in [0, 0.1) is 20.8 Å². The van der Waals surface area contributed by atoms with E-state index in [0.29, 0.717) is 11.3 Å². The van der Waals surface area contributed by atoms with Crippen molar-refractivity contribution in [2.24, 2.45) is 0 Å². The number of hydrogen-bond donors (Lipinski definition) is 1. The Kier molecular flexibility index (Phi) is 5.41. The summed E-state index contributed by atoms with van der Waals surface area (Å²) in [5.41, 5.74) is 5.74. The molecule has 150 valence electrons. The van der Waals surface area contributed by atoms with Crippen LogP contribution in [0.2, 0.25) is 0 Å². The number of carbonyl (C=O) groups excluding carboxylic acids is 1. The van der Waals surface area contributed by atoms with E-state index in [2.05, 4.69) is 47.2 Å². The van der Waals surface area contributed by atoms with E-state index in [4.69, 9.17) is 4.98 Å². The van der Waals surface area contributed by atoms with Crippen LogP contribution in [0.5, 0.6) is 0 Å². The van der Waals surface area contributed by atoms with Gasteiger partial charge in [-0.15, -0.1) is 0 Å². The van der Waals surface area contributed by atoms with Crippen LogP contribution >= 0.6 is 0 Å². The molecule has 1 fully saturated rings. The van der Waals surface area contributed by atoms with E-state index in [1.54, 1.807) is 24.4 Å². The summed E-state index contributed by atoms with van der Waals surface area (Å²) in [6, 6.07) is 15.9. The second kappa shape index (κ2) is 8.13. The molecule has 0 bridgehead atoms. The molecule has 4 rings (SSSR count). The molecule has 1 N–H and O–H groups in total. The number of anilines is 1. The lowest BCUT2D eigenvalue weighted by Crippen LogP contribution is -2.46. The molecule has 0 saturated carbocycles. The smallest absolute Gasteiger partial charge is 0.213 e. The average Bonchev–Trinajstić information content (AvgIpc) is 2.74. The first-order chi connectivity index (χ1) is 14.0. The highest BCUT2D eigenvalue weighted by Gasteiger charge is 2.24. The highest BCUT2D eigenvalue weighted by molar-refractivity contribution is 6.08. The summed E-state index contributed by atoms with van der Waals surface area (Å²) in [5, 5.41) is 3.64. The van der Waals surface area contributed by atoms with Crippen molar-refractivity contribution in [3.63, 3.8) is 0 Å². The van der Waals surface area contributed by atoms with Gasteiger partial charge in [0.25, 0.3) is 0 Å². The molecule has 1 aromatic carbocycles. The number of piperazine rings is 1. The van der Waals surface area contributed by atoms with Crippen LogP contribution in [0.4, 0.5) is 5.82 Å². The van der Waals surface area contributed by atoms with Crippen molar-refractivity contribution < 1.29 is 6.22 Å². The van der Waals surface area contributed by atoms with Crippen molar-refractivity contribution in [1.29, 1.82) is 0 Å². The third-order valence-electron chi connectivity index (χ3n) is 5.61. The van der Waals surface area contributed by atoms with Crippen LogP contribution in [-0.2, 0) is 0 Å². The Morgan fingerprint density at radius 1 is 1.07 bits per heavy atom. The molecule has 0 radical (unpaired) electrons. The summed E-state index contributed by atoms with van der Waals surface area (Å²) < 4.78 is 0. The molecule has 5 nitrogen and oxygen atoms in total. The van der Waals surface area contributed by atoms with E-state index in [9.17, 15) is 4.79 Å². The largest absolute Gasteiger partial charge is 0.353 e. The van der Waals surface area contributed by atoms with Crippen LogP contribution < -0.4 is 10.2 Å². The maximum absolute atomic E-state index is 12.9. The van der Waals surface area contributed by atoms with E-state index < -0.39 is 0 Å². The summed E-state index contributed by atoms with van der Waals surface area (Å²) >= 11 is 0. The Bertz CT molecular complexity index is 1030. The molecule has 1 unspecified atom stereocenters. The van der Waals surface area contributed by atoms with Crippen LogP contribution in [0.1, 0.15) is 45.9 Å². The summed E-state index contributed by atoms with van der Waals surface area (Å²) in [6.07, 6.45) is 1.70. The maximum Gasteiger partial charge on any atom is 0.213 e. The van der Waals surface area contributed by atoms with Gasteiger partial charge in [0.05, 0.1) is 6.04 Å². The molecule has 1 atom stereocenters. The minimum Gasteiger partial charge on any atom is -0.353 e. The van der Waals surface area contributed by atoms with E-state index in [1.165, 1.54) is 16.7 Å². The van der Waals surface area contributed by atoms with E-state index in [0.717, 1.165) is 31.1 Å². The predicted molar refractivity (Wildman–Crippen MR) is 118 cm³/mol. The molecular formula is C24H28N4O. The van der Waals surface area contributed by atoms with Crippen molar-refractivity contribution in [2.75, 3.05) is 24.5 Å². The van der Waals surface area contributed by atoms with Crippen molar-refractivity contribution in [3.05, 3.63) is 88.4 Å². The molecule has 29 heavy (non-hydrogen) atoms. The van der Waals surface area contributed by atoms with Crippen molar-refractivity contribution in [1.82, 2.24) is 15.3 Å². The molecule has 0 aliphatic carbocycles. The lowest BCUT2D eigenvalue weighted by molar-refractivity contribution is 0.103. The highest BCUT2D eigenvalue weighted by atomic mass is 16.1. The second-order valence-corrected chi connectivity index (χ2v) is 7.60. The number of pyridine rings is 2. The monoisotopic (exact) mass is 388 g/mol. The van der Waals surface area contributed by atoms with E-state index in [1.807, 2.05) is 19.1 Å². The van der Waals surface area contributed by atoms with Gasteiger partial charge in [0, 0.05) is 38.5 Å². The second-order valence-electron chi connectivity index (χ2n) is 7.60. The summed E-state index contributed by atoms with van der Waals surface area (Å²) in [6.45, 7) is 8.73. The minimum atomic E-state index is -0.0844. The van der Waals surface area contributed by atoms with Gasteiger partial charge in [-0.25, -0.2) is 4.98 Å². The first kappa shape index (κ1) is 19.3. The molecule has 5 heteroatoms. The molecule has 1 saturated heterocycles. The Balaban J connectivity index is 0.00000256. The van der Waals surface area contributed by atoms with Gasteiger partial charge in [-0.05, 0) is 61.7 Å². The van der Waals surface area contributed by atoms with Crippen LogP contribution in [0.3, 0.4) is 0 Å². The first-order valence-corrected chi connectivity index (χ1v) is 10.0. The van der Waals surface area contributed by atoms with Crippen LogP contribution in [-0.4, -0.2) is 35.4 Å². The molecule has 2 aromatic heterocycles. The number of aromatic nitrogens is 2. The van der Waals surface area contributed by atoms with Crippen LogP contribution in [0.25, 0.3) is 0 Å². The minimum absolute atomic E-state index is 0. The number of ketones is 1. The highest BCUT2D eigenvalue weighted by Crippen LogP contribution is 2.26. The molecule has 1 aliphatic rings. The van der Waals surface area contributed by atoms with Gasteiger partial charge in [0.1, 0.15) is 11.5 Å². The number of benzene rings is 1. The van der Waals surface area contributed by atoms with Gasteiger partial charge < -0.3 is 10.2 Å². The van der Waals surface area contributed by atoms with Gasteiger partial charge in [0.2, 0.25) is 5.78 Å². The Morgan fingerprint density at radius 3 is 2.59 bits per heavy atom. The summed E-state index contributed by atoms with van der Waals surface area (Å²) in [5.74, 6) is 0.758. The van der Waals surface area contributed by atoms with E-state index in [-0.39, 0.29) is 13.3 Å². The molecular weight excluding hydrogens is 360 g/mol. The van der Waals surface area contributed by atoms with Crippen molar-refractivity contribution in [2.45, 2.75) is 26.8 Å². The Morgan fingerprint density at radius 2 is 1.83 bits per heavy atom. The van der Waals surface area contributed by atoms with Gasteiger partial charge in [-0.3, -0.25) is 9.78 Å². The zero-order valence-electron chi connectivity index (χ0n) is 17.1. The van der Waals surface area contributed by atoms with Crippen molar-refractivity contribution >= 4 is 11.6 Å². The lowest BCUT2D eigenvalue weighted by Gasteiger charge is -2.36. The fourth-order valence-corrected chi connectivity index (χ4v) is 4.12. The summed E-state index contributed by atoms with van der Waals surface area (Å²) in [7, 11) is 0. The number of nitrogens with zero attached hydrogens (tertiary/aromatic N) is 3. The third kappa shape index (κ3) is 3.91. The van der Waals surface area contributed by atoms with Gasteiger partial charge in [-0.2, -0.15) is 0 Å². The molecule has 1 aliphatic heterocycles. The quantitative estimate of drug-likeness (QED) is 0.684. The summed E-state index contributed by atoms with van der Waals surface area (Å²) in [4.78, 5) is 24.1. The topological polar surface area (TPSA) is 58.1 Å². The standard InChI is InChI=1S/C24H26N4O.H2/c1-16-7-4-8-17(2)23(16)21-15-28(14-13-26-21)22-11-5-10-20(27-22)24(29)19-9-6-12-25-18(19)3;/h4-12,21,26H,13-15H2,1-3H3;1H. The Hall–Kier alpha value is -3.05. The molecule has 3 aromatic rings. The Labute approximate surface area is 173 Å². The average molecular weight is 389 g/mol. The molecule has 0 spiro atoms. The zero-order chi connectivity index (χ0) is 20.4. The number of rotatable bonds is 4. The third-order valence-corrected chi connectivity index (χ3v) is 5.61.